The number of pyridine rings is 1. The summed E-state index contributed by atoms with van der Waals surface area (Å²) in [7, 11) is 0. The van der Waals surface area contributed by atoms with E-state index < -0.39 is 0 Å². The molecule has 1 amide bonds. The van der Waals surface area contributed by atoms with E-state index in [0.717, 1.165) is 17.2 Å². The zero-order valence-corrected chi connectivity index (χ0v) is 14.2. The van der Waals surface area contributed by atoms with Crippen LogP contribution in [0.1, 0.15) is 18.3 Å². The van der Waals surface area contributed by atoms with E-state index in [0.29, 0.717) is 13.1 Å². The summed E-state index contributed by atoms with van der Waals surface area (Å²) in [6, 6.07) is 3.79. The number of aryl methyl sites for hydroxylation is 1. The van der Waals surface area contributed by atoms with Gasteiger partial charge in [-0.3, -0.25) is 9.36 Å². The van der Waals surface area contributed by atoms with Crippen LogP contribution in [-0.2, 0) is 11.3 Å². The van der Waals surface area contributed by atoms with Crippen LogP contribution in [0.3, 0.4) is 0 Å². The minimum atomic E-state index is -0.190. The topological polar surface area (TPSA) is 85.8 Å². The Hall–Kier alpha value is -1.63. The number of halogens is 2. The van der Waals surface area contributed by atoms with Crippen LogP contribution in [0, 0.1) is 12.8 Å². The summed E-state index contributed by atoms with van der Waals surface area (Å²) in [5.74, 6) is 1.39. The van der Waals surface area contributed by atoms with Crippen molar-refractivity contribution in [1.82, 2.24) is 19.9 Å². The summed E-state index contributed by atoms with van der Waals surface area (Å²) in [5.41, 5.74) is 6.42. The summed E-state index contributed by atoms with van der Waals surface area (Å²) in [6.45, 7) is 4.48. The molecule has 2 aromatic rings. The van der Waals surface area contributed by atoms with Crippen LogP contribution in [0.2, 0.25) is 0 Å². The Kier molecular flexibility index (Phi) is 8.70. The third-order valence-corrected chi connectivity index (χ3v) is 3.18. The molecule has 0 aliphatic heterocycles. The molecule has 6 nitrogen and oxygen atoms in total. The second kappa shape index (κ2) is 9.40. The average molecular weight is 346 g/mol. The SMILES string of the molecule is Cc1nccn1-c1ncccc1CNC(=O)C(C)CN.Cl.Cl. The Morgan fingerprint density at radius 3 is 2.68 bits per heavy atom. The Bertz CT molecular complexity index is 602. The minimum absolute atomic E-state index is 0. The molecule has 22 heavy (non-hydrogen) atoms. The normalized spacial score (nSPS) is 11.0. The standard InChI is InChI=1S/C14H19N5O.2ClH/c1-10(8-15)14(20)18-9-12-4-3-5-17-13(12)19-7-6-16-11(19)2;;/h3-7,10H,8-9,15H2,1-2H3,(H,18,20);2*1H. The maximum atomic E-state index is 11.8. The quantitative estimate of drug-likeness (QED) is 0.862. The van der Waals surface area contributed by atoms with E-state index in [4.69, 9.17) is 5.73 Å². The van der Waals surface area contributed by atoms with Gasteiger partial charge < -0.3 is 11.1 Å². The Morgan fingerprint density at radius 1 is 1.36 bits per heavy atom. The van der Waals surface area contributed by atoms with E-state index in [2.05, 4.69) is 15.3 Å². The third-order valence-electron chi connectivity index (χ3n) is 3.18. The molecule has 122 valence electrons. The van der Waals surface area contributed by atoms with Crippen molar-refractivity contribution in [1.29, 1.82) is 0 Å². The lowest BCUT2D eigenvalue weighted by atomic mass is 10.1. The predicted octanol–water partition coefficient (Wildman–Crippen LogP) is 1.63. The van der Waals surface area contributed by atoms with Gasteiger partial charge in [0.05, 0.1) is 0 Å². The third kappa shape index (κ3) is 4.69. The number of hydrogen-bond donors (Lipinski definition) is 2. The van der Waals surface area contributed by atoms with Crippen LogP contribution in [0.25, 0.3) is 5.82 Å². The van der Waals surface area contributed by atoms with Gasteiger partial charge in [-0.1, -0.05) is 13.0 Å². The van der Waals surface area contributed by atoms with Crippen molar-refractivity contribution in [2.75, 3.05) is 6.54 Å². The lowest BCUT2D eigenvalue weighted by Gasteiger charge is -2.13. The molecule has 3 N–H and O–H groups in total. The first-order valence-corrected chi connectivity index (χ1v) is 6.55. The molecule has 8 heteroatoms. The maximum Gasteiger partial charge on any atom is 0.224 e. The van der Waals surface area contributed by atoms with Crippen LogP contribution in [0.15, 0.2) is 30.7 Å². The van der Waals surface area contributed by atoms with Crippen LogP contribution in [0.4, 0.5) is 0 Å². The molecule has 0 aliphatic carbocycles. The molecule has 0 aliphatic rings. The molecule has 0 bridgehead atoms. The molecule has 1 unspecified atom stereocenters. The van der Waals surface area contributed by atoms with Gasteiger partial charge in [-0.15, -0.1) is 24.8 Å². The zero-order valence-electron chi connectivity index (χ0n) is 12.5. The molecule has 1 atom stereocenters. The number of hydrogen-bond acceptors (Lipinski definition) is 4. The van der Waals surface area contributed by atoms with Gasteiger partial charge in [0, 0.05) is 43.2 Å². The van der Waals surface area contributed by atoms with Gasteiger partial charge in [-0.25, -0.2) is 9.97 Å². The van der Waals surface area contributed by atoms with Gasteiger partial charge >= 0.3 is 0 Å². The number of carbonyl (C=O) groups excluding carboxylic acids is 1. The number of carbonyl (C=O) groups is 1. The number of nitrogens with zero attached hydrogens (tertiary/aromatic N) is 3. The van der Waals surface area contributed by atoms with E-state index in [1.807, 2.05) is 29.8 Å². The fraction of sp³-hybridized carbons (Fsp3) is 0.357. The second-order valence-corrected chi connectivity index (χ2v) is 4.69. The lowest BCUT2D eigenvalue weighted by Crippen LogP contribution is -2.33. The first-order valence-electron chi connectivity index (χ1n) is 6.55. The summed E-state index contributed by atoms with van der Waals surface area (Å²) in [5, 5.41) is 2.88. The van der Waals surface area contributed by atoms with Gasteiger partial charge in [0.15, 0.2) is 0 Å². The molecule has 2 heterocycles. The first-order chi connectivity index (χ1) is 9.63. The molecule has 0 saturated heterocycles. The number of nitrogens with one attached hydrogen (secondary N) is 1. The monoisotopic (exact) mass is 345 g/mol. The summed E-state index contributed by atoms with van der Waals surface area (Å²) >= 11 is 0. The summed E-state index contributed by atoms with van der Waals surface area (Å²) in [6.07, 6.45) is 5.30. The van der Waals surface area contributed by atoms with Gasteiger partial charge in [-0.05, 0) is 13.0 Å². The average Bonchev–Trinajstić information content (AvgIpc) is 2.90. The first kappa shape index (κ1) is 20.4. The summed E-state index contributed by atoms with van der Waals surface area (Å²) < 4.78 is 1.90. The molecule has 0 spiro atoms. The number of rotatable bonds is 5. The van der Waals surface area contributed by atoms with E-state index >= 15 is 0 Å². The largest absolute Gasteiger partial charge is 0.352 e. The number of aromatic nitrogens is 3. The minimum Gasteiger partial charge on any atom is -0.352 e. The second-order valence-electron chi connectivity index (χ2n) is 4.69. The summed E-state index contributed by atoms with van der Waals surface area (Å²) in [4.78, 5) is 20.3. The molecule has 0 fully saturated rings. The molecular formula is C14H21Cl2N5O. The maximum absolute atomic E-state index is 11.8. The smallest absolute Gasteiger partial charge is 0.224 e. The highest BCUT2D eigenvalue weighted by molar-refractivity contribution is 5.85. The Labute approximate surface area is 142 Å². The number of amides is 1. The van der Waals surface area contributed by atoms with Crippen LogP contribution in [0.5, 0.6) is 0 Å². The Morgan fingerprint density at radius 2 is 2.09 bits per heavy atom. The van der Waals surface area contributed by atoms with Crippen molar-refractivity contribution in [3.05, 3.63) is 42.1 Å². The zero-order chi connectivity index (χ0) is 14.5. The van der Waals surface area contributed by atoms with E-state index in [1.54, 1.807) is 19.3 Å². The van der Waals surface area contributed by atoms with Crippen molar-refractivity contribution in [2.24, 2.45) is 11.7 Å². The van der Waals surface area contributed by atoms with Crippen molar-refractivity contribution >= 4 is 30.7 Å². The van der Waals surface area contributed by atoms with Crippen molar-refractivity contribution in [3.63, 3.8) is 0 Å². The molecule has 0 aromatic carbocycles. The molecule has 0 saturated carbocycles. The number of imidazole rings is 1. The van der Waals surface area contributed by atoms with Gasteiger partial charge in [0.1, 0.15) is 11.6 Å². The molecule has 2 aromatic heterocycles. The van der Waals surface area contributed by atoms with Crippen LogP contribution >= 0.6 is 24.8 Å². The van der Waals surface area contributed by atoms with Crippen molar-refractivity contribution in [2.45, 2.75) is 20.4 Å². The van der Waals surface area contributed by atoms with Gasteiger partial charge in [-0.2, -0.15) is 0 Å². The Balaban J connectivity index is 0.00000220. The molecular weight excluding hydrogens is 325 g/mol. The predicted molar refractivity (Wildman–Crippen MR) is 90.7 cm³/mol. The fourth-order valence-electron chi connectivity index (χ4n) is 1.85. The van der Waals surface area contributed by atoms with Crippen LogP contribution in [-0.4, -0.2) is 27.0 Å². The lowest BCUT2D eigenvalue weighted by molar-refractivity contribution is -0.124. The highest BCUT2D eigenvalue weighted by Crippen LogP contribution is 2.13. The van der Waals surface area contributed by atoms with Gasteiger partial charge in [0.2, 0.25) is 5.91 Å². The molecule has 0 radical (unpaired) electrons. The van der Waals surface area contributed by atoms with E-state index in [9.17, 15) is 4.79 Å². The fourth-order valence-corrected chi connectivity index (χ4v) is 1.85. The highest BCUT2D eigenvalue weighted by atomic mass is 35.5. The van der Waals surface area contributed by atoms with E-state index in [-0.39, 0.29) is 36.6 Å². The molecule has 2 rings (SSSR count). The van der Waals surface area contributed by atoms with Crippen molar-refractivity contribution in [3.8, 4) is 5.82 Å². The van der Waals surface area contributed by atoms with Gasteiger partial charge in [0.25, 0.3) is 0 Å². The van der Waals surface area contributed by atoms with E-state index in [1.165, 1.54) is 0 Å². The van der Waals surface area contributed by atoms with Crippen molar-refractivity contribution < 1.29 is 4.79 Å². The van der Waals surface area contributed by atoms with Crippen LogP contribution < -0.4 is 11.1 Å². The highest BCUT2D eigenvalue weighted by Gasteiger charge is 2.12. The number of nitrogens with two attached hydrogens (primary N) is 1.